The molecule has 16 heavy (non-hydrogen) atoms. The molecular weight excluding hydrogens is 228 g/mol. The number of rotatable bonds is 2. The topological polar surface area (TPSA) is 55.1 Å². The molecule has 0 atom stereocenters. The van der Waals surface area contributed by atoms with Crippen LogP contribution in [0.3, 0.4) is 0 Å². The maximum atomic E-state index is 11.7. The van der Waals surface area contributed by atoms with Crippen LogP contribution >= 0.6 is 11.6 Å². The fourth-order valence-electron chi connectivity index (χ4n) is 1.25. The van der Waals surface area contributed by atoms with E-state index in [1.165, 1.54) is 6.20 Å². The molecule has 0 aliphatic carbocycles. The number of hydrogen-bond acceptors (Lipinski definition) is 3. The molecule has 0 saturated heterocycles. The molecule has 0 aliphatic rings. The van der Waals surface area contributed by atoms with Gasteiger partial charge in [-0.2, -0.15) is 0 Å². The summed E-state index contributed by atoms with van der Waals surface area (Å²) in [4.78, 5) is 11.7. The zero-order valence-corrected chi connectivity index (χ0v) is 9.28. The molecule has 0 saturated carbocycles. The van der Waals surface area contributed by atoms with Crippen LogP contribution in [0.25, 0.3) is 0 Å². The zero-order chi connectivity index (χ0) is 11.5. The van der Waals surface area contributed by atoms with E-state index in [-0.39, 0.29) is 5.91 Å². The van der Waals surface area contributed by atoms with E-state index in [9.17, 15) is 4.79 Å². The van der Waals surface area contributed by atoms with E-state index in [2.05, 4.69) is 10.5 Å². The van der Waals surface area contributed by atoms with Crippen LogP contribution in [0.2, 0.25) is 5.02 Å². The Bertz CT molecular complexity index is 505. The van der Waals surface area contributed by atoms with Crippen LogP contribution in [-0.2, 0) is 0 Å². The number of nitrogens with zero attached hydrogens (tertiary/aromatic N) is 1. The molecule has 0 fully saturated rings. The molecule has 5 heteroatoms. The van der Waals surface area contributed by atoms with Crippen molar-refractivity contribution in [3.05, 3.63) is 46.8 Å². The van der Waals surface area contributed by atoms with Crippen molar-refractivity contribution in [1.29, 1.82) is 0 Å². The SMILES string of the molecule is Cc1oncc1C(=O)Nc1ccc(Cl)cc1. The maximum Gasteiger partial charge on any atom is 0.260 e. The maximum absolute atomic E-state index is 11.7. The highest BCUT2D eigenvalue weighted by atomic mass is 35.5. The predicted molar refractivity (Wildman–Crippen MR) is 60.6 cm³/mol. The van der Waals surface area contributed by atoms with Crippen LogP contribution in [0, 0.1) is 6.92 Å². The van der Waals surface area contributed by atoms with E-state index in [0.29, 0.717) is 22.0 Å². The summed E-state index contributed by atoms with van der Waals surface area (Å²) >= 11 is 5.74. The number of anilines is 1. The average Bonchev–Trinajstić information content (AvgIpc) is 2.68. The lowest BCUT2D eigenvalue weighted by Gasteiger charge is -2.03. The number of aromatic nitrogens is 1. The molecule has 0 bridgehead atoms. The predicted octanol–water partition coefficient (Wildman–Crippen LogP) is 2.89. The minimum Gasteiger partial charge on any atom is -0.361 e. The first kappa shape index (κ1) is 10.7. The second kappa shape index (κ2) is 4.37. The average molecular weight is 237 g/mol. The second-order valence-electron chi connectivity index (χ2n) is 3.26. The van der Waals surface area contributed by atoms with E-state index in [1.807, 2.05) is 0 Å². The van der Waals surface area contributed by atoms with Crippen LogP contribution < -0.4 is 5.32 Å². The third-order valence-corrected chi connectivity index (χ3v) is 2.35. The lowest BCUT2D eigenvalue weighted by atomic mass is 10.2. The number of halogens is 1. The van der Waals surface area contributed by atoms with Crippen LogP contribution in [0.15, 0.2) is 35.0 Å². The molecule has 1 aromatic heterocycles. The Morgan fingerprint density at radius 3 is 2.62 bits per heavy atom. The van der Waals surface area contributed by atoms with Gasteiger partial charge in [-0.15, -0.1) is 0 Å². The summed E-state index contributed by atoms with van der Waals surface area (Å²) in [5.41, 5.74) is 1.10. The van der Waals surface area contributed by atoms with E-state index in [4.69, 9.17) is 16.1 Å². The molecule has 2 rings (SSSR count). The number of amides is 1. The van der Waals surface area contributed by atoms with Gasteiger partial charge in [0.2, 0.25) is 0 Å². The van der Waals surface area contributed by atoms with Crippen LogP contribution in [0.5, 0.6) is 0 Å². The number of carbonyl (C=O) groups excluding carboxylic acids is 1. The van der Waals surface area contributed by atoms with Gasteiger partial charge < -0.3 is 9.84 Å². The summed E-state index contributed by atoms with van der Waals surface area (Å²) in [5.74, 6) is 0.243. The monoisotopic (exact) mass is 236 g/mol. The van der Waals surface area contributed by atoms with Crippen molar-refractivity contribution < 1.29 is 9.32 Å². The number of benzene rings is 1. The summed E-state index contributed by atoms with van der Waals surface area (Å²) in [6.07, 6.45) is 1.39. The van der Waals surface area contributed by atoms with Gasteiger partial charge in [0.25, 0.3) is 5.91 Å². The van der Waals surface area contributed by atoms with Gasteiger partial charge in [-0.25, -0.2) is 0 Å². The van der Waals surface area contributed by atoms with Gasteiger partial charge in [-0.05, 0) is 31.2 Å². The van der Waals surface area contributed by atoms with Gasteiger partial charge in [-0.3, -0.25) is 4.79 Å². The minimum absolute atomic E-state index is 0.249. The van der Waals surface area contributed by atoms with Gasteiger partial charge in [0, 0.05) is 10.7 Å². The van der Waals surface area contributed by atoms with E-state index in [1.54, 1.807) is 31.2 Å². The first-order valence-electron chi connectivity index (χ1n) is 4.65. The van der Waals surface area contributed by atoms with Crippen LogP contribution in [0.4, 0.5) is 5.69 Å². The first-order chi connectivity index (χ1) is 7.66. The van der Waals surface area contributed by atoms with E-state index >= 15 is 0 Å². The number of carbonyl (C=O) groups is 1. The number of nitrogens with one attached hydrogen (secondary N) is 1. The Labute approximate surface area is 97.2 Å². The Hall–Kier alpha value is -1.81. The molecule has 0 unspecified atom stereocenters. The van der Waals surface area contributed by atoms with Crippen LogP contribution in [-0.4, -0.2) is 11.1 Å². The van der Waals surface area contributed by atoms with Gasteiger partial charge >= 0.3 is 0 Å². The number of aryl methyl sites for hydroxylation is 1. The summed E-state index contributed by atoms with van der Waals surface area (Å²) < 4.78 is 4.81. The summed E-state index contributed by atoms with van der Waals surface area (Å²) in [7, 11) is 0. The molecule has 2 aromatic rings. The highest BCUT2D eigenvalue weighted by molar-refractivity contribution is 6.30. The molecule has 0 aliphatic heterocycles. The normalized spacial score (nSPS) is 10.1. The smallest absolute Gasteiger partial charge is 0.260 e. The van der Waals surface area contributed by atoms with Crippen molar-refractivity contribution in [1.82, 2.24) is 5.16 Å². The van der Waals surface area contributed by atoms with Crippen molar-refractivity contribution in [2.24, 2.45) is 0 Å². The van der Waals surface area contributed by atoms with Crippen molar-refractivity contribution in [3.8, 4) is 0 Å². The van der Waals surface area contributed by atoms with E-state index in [0.717, 1.165) is 0 Å². The third kappa shape index (κ3) is 2.23. The highest BCUT2D eigenvalue weighted by Crippen LogP contribution is 2.15. The fourth-order valence-corrected chi connectivity index (χ4v) is 1.37. The lowest BCUT2D eigenvalue weighted by Crippen LogP contribution is -2.11. The zero-order valence-electron chi connectivity index (χ0n) is 8.53. The standard InChI is InChI=1S/C11H9ClN2O2/c1-7-10(6-13-16-7)11(15)14-9-4-2-8(12)3-5-9/h2-6H,1H3,(H,14,15). The minimum atomic E-state index is -0.249. The van der Waals surface area contributed by atoms with Crippen molar-refractivity contribution >= 4 is 23.2 Å². The largest absolute Gasteiger partial charge is 0.361 e. The second-order valence-corrected chi connectivity index (χ2v) is 3.69. The molecule has 1 heterocycles. The number of hydrogen-bond donors (Lipinski definition) is 1. The molecule has 0 radical (unpaired) electrons. The summed E-state index contributed by atoms with van der Waals surface area (Å²) in [6.45, 7) is 1.68. The molecule has 1 amide bonds. The Morgan fingerprint density at radius 2 is 2.06 bits per heavy atom. The van der Waals surface area contributed by atoms with Crippen LogP contribution in [0.1, 0.15) is 16.1 Å². The first-order valence-corrected chi connectivity index (χ1v) is 5.03. The van der Waals surface area contributed by atoms with Gasteiger partial charge in [0.05, 0.1) is 6.20 Å². The van der Waals surface area contributed by atoms with Crippen molar-refractivity contribution in [3.63, 3.8) is 0 Å². The molecule has 4 nitrogen and oxygen atoms in total. The Kier molecular flexibility index (Phi) is 2.92. The molecule has 82 valence electrons. The summed E-state index contributed by atoms with van der Waals surface area (Å²) in [5, 5.41) is 6.88. The summed E-state index contributed by atoms with van der Waals surface area (Å²) in [6, 6.07) is 6.86. The fraction of sp³-hybridized carbons (Fsp3) is 0.0909. The molecule has 0 spiro atoms. The van der Waals surface area contributed by atoms with Gasteiger partial charge in [-0.1, -0.05) is 16.8 Å². The highest BCUT2D eigenvalue weighted by Gasteiger charge is 2.12. The van der Waals surface area contributed by atoms with Gasteiger partial charge in [0.15, 0.2) is 0 Å². The molecular formula is C11H9ClN2O2. The third-order valence-electron chi connectivity index (χ3n) is 2.10. The molecule has 1 aromatic carbocycles. The van der Waals surface area contributed by atoms with Gasteiger partial charge in [0.1, 0.15) is 11.3 Å². The Balaban J connectivity index is 2.14. The Morgan fingerprint density at radius 1 is 1.38 bits per heavy atom. The van der Waals surface area contributed by atoms with E-state index < -0.39 is 0 Å². The van der Waals surface area contributed by atoms with Crippen molar-refractivity contribution in [2.75, 3.05) is 5.32 Å². The van der Waals surface area contributed by atoms with Crippen molar-refractivity contribution in [2.45, 2.75) is 6.92 Å². The molecule has 1 N–H and O–H groups in total. The lowest BCUT2D eigenvalue weighted by molar-refractivity contribution is 0.102. The quantitative estimate of drug-likeness (QED) is 0.872.